The highest BCUT2D eigenvalue weighted by Crippen LogP contribution is 2.38. The molecule has 4 rings (SSSR count). The van der Waals surface area contributed by atoms with Gasteiger partial charge in [-0.1, -0.05) is 30.3 Å². The third-order valence-corrected chi connectivity index (χ3v) is 6.57. The van der Waals surface area contributed by atoms with Crippen LogP contribution in [0.15, 0.2) is 48.8 Å². The fraction of sp³-hybridized carbons (Fsp3) is 0.292. The van der Waals surface area contributed by atoms with Crippen molar-refractivity contribution in [2.75, 3.05) is 25.6 Å². The van der Waals surface area contributed by atoms with Gasteiger partial charge in [-0.25, -0.2) is 19.6 Å². The van der Waals surface area contributed by atoms with Crippen molar-refractivity contribution < 1.29 is 23.9 Å². The van der Waals surface area contributed by atoms with Crippen LogP contribution in [0.3, 0.4) is 0 Å². The summed E-state index contributed by atoms with van der Waals surface area (Å²) >= 11 is 1.49. The maximum atomic E-state index is 12.6. The summed E-state index contributed by atoms with van der Waals surface area (Å²) in [5.74, 6) is -0.675. The van der Waals surface area contributed by atoms with E-state index in [1.54, 1.807) is 11.8 Å². The van der Waals surface area contributed by atoms with E-state index in [-0.39, 0.29) is 12.5 Å². The smallest absolute Gasteiger partial charge is 0.333 e. The molecule has 34 heavy (non-hydrogen) atoms. The van der Waals surface area contributed by atoms with Crippen LogP contribution in [-0.2, 0) is 36.8 Å². The molecule has 9 nitrogen and oxygen atoms in total. The lowest BCUT2D eigenvalue weighted by Crippen LogP contribution is -2.34. The third-order valence-electron chi connectivity index (χ3n) is 5.45. The molecule has 1 aromatic carbocycles. The first kappa shape index (κ1) is 23.4. The van der Waals surface area contributed by atoms with Crippen LogP contribution in [0.4, 0.5) is 5.82 Å². The molecule has 2 aromatic heterocycles. The van der Waals surface area contributed by atoms with Gasteiger partial charge in [0.15, 0.2) is 6.04 Å². The Hall–Kier alpha value is -3.79. The maximum absolute atomic E-state index is 12.6. The molecule has 176 valence electrons. The van der Waals surface area contributed by atoms with Crippen LogP contribution < -0.4 is 5.32 Å². The zero-order valence-corrected chi connectivity index (χ0v) is 19.6. The predicted octanol–water partition coefficient (Wildman–Crippen LogP) is 3.02. The van der Waals surface area contributed by atoms with E-state index in [9.17, 15) is 14.4 Å². The van der Waals surface area contributed by atoms with Crippen molar-refractivity contribution in [3.63, 3.8) is 0 Å². The Morgan fingerprint density at radius 1 is 1.21 bits per heavy atom. The molecule has 10 heteroatoms. The van der Waals surface area contributed by atoms with Crippen LogP contribution in [0.5, 0.6) is 0 Å². The Balaban J connectivity index is 1.60. The van der Waals surface area contributed by atoms with Crippen LogP contribution >= 0.6 is 11.3 Å². The van der Waals surface area contributed by atoms with Gasteiger partial charge in [0.05, 0.1) is 25.6 Å². The Kier molecular flexibility index (Phi) is 7.17. The van der Waals surface area contributed by atoms with Gasteiger partial charge in [-0.05, 0) is 24.5 Å². The molecule has 0 unspecified atom stereocenters. The van der Waals surface area contributed by atoms with E-state index in [2.05, 4.69) is 15.3 Å². The number of anilines is 1. The first-order valence-electron chi connectivity index (χ1n) is 10.8. The summed E-state index contributed by atoms with van der Waals surface area (Å²) in [5.41, 5.74) is 1.81. The molecule has 0 bridgehead atoms. The molecule has 0 saturated carbocycles. The fourth-order valence-corrected chi connectivity index (χ4v) is 5.04. The second kappa shape index (κ2) is 10.4. The molecule has 1 aliphatic heterocycles. The van der Waals surface area contributed by atoms with Crippen LogP contribution in [0.25, 0.3) is 10.2 Å². The highest BCUT2D eigenvalue weighted by Gasteiger charge is 2.28. The number of amides is 1. The highest BCUT2D eigenvalue weighted by atomic mass is 32.1. The monoisotopic (exact) mass is 480 g/mol. The number of fused-ring (bicyclic) bond motifs is 3. The van der Waals surface area contributed by atoms with E-state index in [1.165, 1.54) is 30.8 Å². The summed E-state index contributed by atoms with van der Waals surface area (Å²) in [4.78, 5) is 48.9. The van der Waals surface area contributed by atoms with Crippen LogP contribution in [-0.4, -0.2) is 53.0 Å². The normalized spacial score (nSPS) is 14.0. The van der Waals surface area contributed by atoms with Gasteiger partial charge >= 0.3 is 11.9 Å². The minimum atomic E-state index is -0.727. The Morgan fingerprint density at radius 3 is 2.74 bits per heavy atom. The second-order valence-corrected chi connectivity index (χ2v) is 8.60. The zero-order valence-electron chi connectivity index (χ0n) is 18.8. The number of hydrogen-bond donors (Lipinski definition) is 1. The maximum Gasteiger partial charge on any atom is 0.333 e. The minimum absolute atomic E-state index is 0.254. The van der Waals surface area contributed by atoms with Gasteiger partial charge < -0.3 is 19.7 Å². The van der Waals surface area contributed by atoms with Crippen LogP contribution in [0, 0.1) is 0 Å². The molecule has 0 spiro atoms. The number of ether oxygens (including phenoxy) is 2. The highest BCUT2D eigenvalue weighted by molar-refractivity contribution is 7.19. The number of rotatable bonds is 7. The number of carbonyl (C=O) groups excluding carboxylic acids is 3. The van der Waals surface area contributed by atoms with Crippen LogP contribution in [0.1, 0.15) is 29.0 Å². The molecule has 1 amide bonds. The van der Waals surface area contributed by atoms with E-state index >= 15 is 0 Å². The van der Waals surface area contributed by atoms with Gasteiger partial charge in [0, 0.05) is 23.6 Å². The average molecular weight is 481 g/mol. The third kappa shape index (κ3) is 4.91. The standard InChI is InChI=1S/C24H24N4O5S/c1-3-33-19(30)10-9-18(29)28-12-11-16-17(13-28)34-23-20(16)22(25-14-26-23)27-21(24(31)32-2)15-7-5-4-6-8-15/h4-10,14,21H,3,11-13H2,1-2H3,(H,25,26,27)/b10-9+/t21-/m0/s1. The molecule has 0 saturated heterocycles. The Morgan fingerprint density at radius 2 is 2.00 bits per heavy atom. The molecule has 0 fully saturated rings. The second-order valence-electron chi connectivity index (χ2n) is 7.51. The number of aromatic nitrogens is 2. The number of carbonyl (C=O) groups is 3. The number of thiophene rings is 1. The van der Waals surface area contributed by atoms with Gasteiger partial charge in [0.2, 0.25) is 5.91 Å². The number of esters is 2. The molecule has 0 radical (unpaired) electrons. The number of methoxy groups -OCH3 is 1. The summed E-state index contributed by atoms with van der Waals surface area (Å²) in [6, 6.07) is 8.57. The first-order valence-corrected chi connectivity index (χ1v) is 11.6. The summed E-state index contributed by atoms with van der Waals surface area (Å²) < 4.78 is 9.84. The quantitative estimate of drug-likeness (QED) is 0.406. The summed E-state index contributed by atoms with van der Waals surface area (Å²) in [7, 11) is 1.35. The topological polar surface area (TPSA) is 111 Å². The number of nitrogens with one attached hydrogen (secondary N) is 1. The molecule has 1 N–H and O–H groups in total. The SMILES string of the molecule is CCOC(=O)/C=C/C(=O)N1CCc2c(sc3ncnc(N[C@H](C(=O)OC)c4ccccc4)c23)C1. The van der Waals surface area contributed by atoms with Gasteiger partial charge in [-0.2, -0.15) is 0 Å². The number of hydrogen-bond acceptors (Lipinski definition) is 9. The van der Waals surface area contributed by atoms with E-state index in [4.69, 9.17) is 9.47 Å². The van der Waals surface area contributed by atoms with Crippen molar-refractivity contribution >= 4 is 45.2 Å². The molecule has 3 heterocycles. The largest absolute Gasteiger partial charge is 0.467 e. The molecular formula is C24H24N4O5S. The van der Waals surface area contributed by atoms with E-state index in [0.717, 1.165) is 32.3 Å². The summed E-state index contributed by atoms with van der Waals surface area (Å²) in [5, 5.41) is 4.09. The molecule has 1 atom stereocenters. The van der Waals surface area contributed by atoms with Crippen molar-refractivity contribution in [3.8, 4) is 0 Å². The van der Waals surface area contributed by atoms with Crippen molar-refractivity contribution in [2.45, 2.75) is 25.9 Å². The summed E-state index contributed by atoms with van der Waals surface area (Å²) in [6.07, 6.45) is 4.45. The van der Waals surface area contributed by atoms with Crippen LogP contribution in [0.2, 0.25) is 0 Å². The number of nitrogens with zero attached hydrogens (tertiary/aromatic N) is 3. The molecule has 3 aromatic rings. The van der Waals surface area contributed by atoms with Crippen molar-refractivity contribution in [3.05, 3.63) is 64.8 Å². The predicted molar refractivity (Wildman–Crippen MR) is 127 cm³/mol. The van der Waals surface area contributed by atoms with E-state index in [1.807, 2.05) is 30.3 Å². The van der Waals surface area contributed by atoms with Gasteiger partial charge in [0.25, 0.3) is 0 Å². The lowest BCUT2D eigenvalue weighted by atomic mass is 10.0. The van der Waals surface area contributed by atoms with Crippen molar-refractivity contribution in [1.29, 1.82) is 0 Å². The number of benzene rings is 1. The minimum Gasteiger partial charge on any atom is -0.467 e. The lowest BCUT2D eigenvalue weighted by Gasteiger charge is -2.26. The van der Waals surface area contributed by atoms with E-state index < -0.39 is 18.0 Å². The summed E-state index contributed by atoms with van der Waals surface area (Å²) in [6.45, 7) is 2.85. The first-order chi connectivity index (χ1) is 16.5. The molecule has 1 aliphatic rings. The average Bonchev–Trinajstić information content (AvgIpc) is 3.24. The van der Waals surface area contributed by atoms with Gasteiger partial charge in [0.1, 0.15) is 17.0 Å². The lowest BCUT2D eigenvalue weighted by molar-refractivity contribution is -0.141. The van der Waals surface area contributed by atoms with Crippen molar-refractivity contribution in [1.82, 2.24) is 14.9 Å². The van der Waals surface area contributed by atoms with E-state index in [0.29, 0.717) is 25.3 Å². The Bertz CT molecular complexity index is 1240. The van der Waals surface area contributed by atoms with Gasteiger partial charge in [-0.3, -0.25) is 4.79 Å². The molecule has 0 aliphatic carbocycles. The molecular weight excluding hydrogens is 456 g/mol. The van der Waals surface area contributed by atoms with Crippen molar-refractivity contribution in [2.24, 2.45) is 0 Å². The fourth-order valence-electron chi connectivity index (χ4n) is 3.84. The Labute approximate surface area is 200 Å². The van der Waals surface area contributed by atoms with Gasteiger partial charge in [-0.15, -0.1) is 11.3 Å². The zero-order chi connectivity index (χ0) is 24.1.